The Bertz CT molecular complexity index is 1310. The lowest BCUT2D eigenvalue weighted by molar-refractivity contribution is -0.342. The van der Waals surface area contributed by atoms with E-state index in [9.17, 15) is 13.2 Å². The molecule has 1 aliphatic rings. The molecule has 3 nitrogen and oxygen atoms in total. The van der Waals surface area contributed by atoms with Crippen molar-refractivity contribution in [3.63, 3.8) is 0 Å². The van der Waals surface area contributed by atoms with Crippen LogP contribution in [-0.2, 0) is 0 Å². The number of alkyl halides is 3. The second-order valence-corrected chi connectivity index (χ2v) is 7.30. The van der Waals surface area contributed by atoms with Gasteiger partial charge in [0.2, 0.25) is 5.69 Å². The topological polar surface area (TPSA) is 39.0 Å². The molecule has 0 aliphatic carbocycles. The highest BCUT2D eigenvalue weighted by Gasteiger charge is 2.28. The van der Waals surface area contributed by atoms with Gasteiger partial charge < -0.3 is 9.72 Å². The van der Waals surface area contributed by atoms with E-state index in [1.165, 1.54) is 0 Å². The number of ether oxygens (including phenoxy) is 1. The van der Waals surface area contributed by atoms with Crippen LogP contribution < -0.4 is 9.73 Å². The first-order chi connectivity index (χ1) is 15.0. The molecule has 0 saturated heterocycles. The Morgan fingerprint density at radius 2 is 1.65 bits per heavy atom. The summed E-state index contributed by atoms with van der Waals surface area (Å²) >= 11 is 0. The highest BCUT2D eigenvalue weighted by atomic mass is 19.4. The molecule has 4 aromatic rings. The summed E-state index contributed by atoms with van der Waals surface area (Å²) < 4.78 is 42.3. The smallest absolute Gasteiger partial charge is 0.422 e. The minimum atomic E-state index is -4.37. The Balaban J connectivity index is 1.65. The molecule has 0 unspecified atom stereocenters. The van der Waals surface area contributed by atoms with E-state index in [2.05, 4.69) is 22.1 Å². The van der Waals surface area contributed by atoms with Crippen LogP contribution in [0.15, 0.2) is 79.0 Å². The maximum absolute atomic E-state index is 12.5. The first kappa shape index (κ1) is 19.2. The van der Waals surface area contributed by atoms with Crippen LogP contribution in [-0.4, -0.2) is 24.0 Å². The SMILES string of the molecule is FC(F)(F)COc1ccc(/C(=C2/C=[NH+]c3ccccc32)c2c[nH]c3ccccc23)cc1. The van der Waals surface area contributed by atoms with Crippen LogP contribution in [0, 0.1) is 0 Å². The van der Waals surface area contributed by atoms with Gasteiger partial charge in [-0.15, -0.1) is 0 Å². The lowest BCUT2D eigenvalue weighted by atomic mass is 9.90. The normalized spacial score (nSPS) is 14.7. The van der Waals surface area contributed by atoms with E-state index in [0.717, 1.165) is 44.4 Å². The van der Waals surface area contributed by atoms with Crippen molar-refractivity contribution >= 4 is 34.0 Å². The van der Waals surface area contributed by atoms with Crippen molar-refractivity contribution in [2.24, 2.45) is 0 Å². The third-order valence-corrected chi connectivity index (χ3v) is 5.26. The first-order valence-electron chi connectivity index (χ1n) is 9.79. The number of benzene rings is 3. The predicted molar refractivity (Wildman–Crippen MR) is 115 cm³/mol. The second kappa shape index (κ2) is 7.47. The zero-order chi connectivity index (χ0) is 21.4. The van der Waals surface area contributed by atoms with Crippen LogP contribution in [0.25, 0.3) is 22.0 Å². The van der Waals surface area contributed by atoms with Crippen LogP contribution in [0.1, 0.15) is 16.7 Å². The molecule has 2 heterocycles. The molecule has 0 amide bonds. The van der Waals surface area contributed by atoms with Crippen molar-refractivity contribution in [1.82, 2.24) is 4.98 Å². The van der Waals surface area contributed by atoms with Crippen LogP contribution in [0.3, 0.4) is 0 Å². The molecule has 0 radical (unpaired) electrons. The van der Waals surface area contributed by atoms with Crippen molar-refractivity contribution < 1.29 is 22.9 Å². The number of nitrogens with one attached hydrogen (secondary N) is 2. The third kappa shape index (κ3) is 3.72. The van der Waals surface area contributed by atoms with Crippen molar-refractivity contribution in [2.45, 2.75) is 6.18 Å². The van der Waals surface area contributed by atoms with Crippen molar-refractivity contribution in [1.29, 1.82) is 0 Å². The molecule has 0 fully saturated rings. The van der Waals surface area contributed by atoms with Gasteiger partial charge >= 0.3 is 6.18 Å². The van der Waals surface area contributed by atoms with E-state index in [0.29, 0.717) is 0 Å². The van der Waals surface area contributed by atoms with Crippen LogP contribution >= 0.6 is 0 Å². The number of hydrogen-bond acceptors (Lipinski definition) is 1. The van der Waals surface area contributed by atoms with Gasteiger partial charge in [0.1, 0.15) is 5.75 Å². The average Bonchev–Trinajstić information content (AvgIpc) is 3.38. The number of aromatic amines is 1. The molecule has 3 aromatic carbocycles. The van der Waals surface area contributed by atoms with Crippen molar-refractivity contribution in [2.75, 3.05) is 6.61 Å². The van der Waals surface area contributed by atoms with Gasteiger partial charge in [-0.1, -0.05) is 42.5 Å². The number of fused-ring (bicyclic) bond motifs is 2. The summed E-state index contributed by atoms with van der Waals surface area (Å²) in [4.78, 5) is 6.63. The lowest BCUT2D eigenvalue weighted by Gasteiger charge is -2.12. The Labute approximate surface area is 176 Å². The van der Waals surface area contributed by atoms with E-state index >= 15 is 0 Å². The molecule has 0 spiro atoms. The quantitative estimate of drug-likeness (QED) is 0.487. The highest BCUT2D eigenvalue weighted by Crippen LogP contribution is 2.38. The van der Waals surface area contributed by atoms with E-state index in [-0.39, 0.29) is 5.75 Å². The Hall–Kier alpha value is -3.80. The van der Waals surface area contributed by atoms with E-state index in [4.69, 9.17) is 4.74 Å². The van der Waals surface area contributed by atoms with Gasteiger partial charge in [0.15, 0.2) is 12.8 Å². The fourth-order valence-corrected chi connectivity index (χ4v) is 3.90. The van der Waals surface area contributed by atoms with Crippen molar-refractivity contribution in [3.8, 4) is 5.75 Å². The molecule has 6 heteroatoms. The largest absolute Gasteiger partial charge is 0.484 e. The average molecular weight is 419 g/mol. The summed E-state index contributed by atoms with van der Waals surface area (Å²) in [5.74, 6) is 0.179. The minimum absolute atomic E-state index is 0.179. The molecule has 31 heavy (non-hydrogen) atoms. The number of allylic oxidation sites excluding steroid dienone is 1. The Morgan fingerprint density at radius 3 is 2.45 bits per heavy atom. The molecular weight excluding hydrogens is 401 g/mol. The molecule has 154 valence electrons. The number of aromatic nitrogens is 1. The summed E-state index contributed by atoms with van der Waals surface area (Å²) in [7, 11) is 0. The third-order valence-electron chi connectivity index (χ3n) is 5.26. The van der Waals surface area contributed by atoms with Gasteiger partial charge in [0.25, 0.3) is 0 Å². The summed E-state index contributed by atoms with van der Waals surface area (Å²) in [6, 6.07) is 22.8. The zero-order valence-corrected chi connectivity index (χ0v) is 16.3. The van der Waals surface area contributed by atoms with Crippen molar-refractivity contribution in [3.05, 3.63) is 95.7 Å². The summed E-state index contributed by atoms with van der Waals surface area (Å²) in [5, 5.41) is 1.07. The van der Waals surface area contributed by atoms with Gasteiger partial charge in [-0.3, -0.25) is 0 Å². The van der Waals surface area contributed by atoms with Gasteiger partial charge in [-0.05, 0) is 29.8 Å². The fraction of sp³-hybridized carbons (Fsp3) is 0.0800. The number of halogens is 3. The predicted octanol–water partition coefficient (Wildman–Crippen LogP) is 4.86. The van der Waals surface area contributed by atoms with Gasteiger partial charge in [0.05, 0.1) is 11.1 Å². The summed E-state index contributed by atoms with van der Waals surface area (Å²) in [6.07, 6.45) is -0.435. The first-order valence-corrected chi connectivity index (χ1v) is 9.79. The molecule has 5 rings (SSSR count). The molecule has 0 saturated carbocycles. The highest BCUT2D eigenvalue weighted by molar-refractivity contribution is 6.24. The zero-order valence-electron chi connectivity index (χ0n) is 16.3. The minimum Gasteiger partial charge on any atom is -0.484 e. The van der Waals surface area contributed by atoms with Crippen LogP contribution in [0.4, 0.5) is 18.9 Å². The van der Waals surface area contributed by atoms with Crippen LogP contribution in [0.2, 0.25) is 0 Å². The molecule has 0 bridgehead atoms. The summed E-state index contributed by atoms with van der Waals surface area (Å²) in [6.45, 7) is -1.31. The Morgan fingerprint density at radius 1 is 0.903 bits per heavy atom. The fourth-order valence-electron chi connectivity index (χ4n) is 3.90. The monoisotopic (exact) mass is 419 g/mol. The molecule has 2 N–H and O–H groups in total. The standard InChI is InChI=1S/C25H17F3N2O/c26-25(27,28)15-31-17-11-9-16(10-12-17)24(20-13-29-22-7-3-1-5-18(20)22)21-14-30-23-8-4-2-6-19(21)23/h1-14,29H,15H2/p+1/b24-21+. The lowest BCUT2D eigenvalue weighted by Crippen LogP contribution is -2.58. The molecule has 0 atom stereocenters. The summed E-state index contributed by atoms with van der Waals surface area (Å²) in [5.41, 5.74) is 7.00. The van der Waals surface area contributed by atoms with Gasteiger partial charge in [-0.25, -0.2) is 4.99 Å². The maximum Gasteiger partial charge on any atom is 0.422 e. The number of para-hydroxylation sites is 2. The second-order valence-electron chi connectivity index (χ2n) is 7.30. The number of H-pyrrole nitrogens is 1. The molecular formula is C25H18F3N2O+. The molecule has 1 aliphatic heterocycles. The van der Waals surface area contributed by atoms with Gasteiger partial charge in [-0.2, -0.15) is 13.2 Å². The van der Waals surface area contributed by atoms with E-state index in [1.54, 1.807) is 24.3 Å². The van der Waals surface area contributed by atoms with E-state index < -0.39 is 12.8 Å². The number of hydrogen-bond donors (Lipinski definition) is 2. The Kier molecular flexibility index (Phi) is 4.62. The molecule has 1 aromatic heterocycles. The van der Waals surface area contributed by atoms with E-state index in [1.807, 2.05) is 48.8 Å². The van der Waals surface area contributed by atoms with Gasteiger partial charge in [0, 0.05) is 34.3 Å². The maximum atomic E-state index is 12.5. The van der Waals surface area contributed by atoms with Crippen LogP contribution in [0.5, 0.6) is 5.75 Å². The number of rotatable bonds is 4.